The van der Waals surface area contributed by atoms with Crippen LogP contribution in [0.3, 0.4) is 0 Å². The summed E-state index contributed by atoms with van der Waals surface area (Å²) in [6, 6.07) is 1.47. The first-order valence-electron chi connectivity index (χ1n) is 6.60. The number of carbonyl (C=O) groups is 1. The standard InChI is InChI=1S/C14H20FN3O/c1-14(2)6-3-9(4-7-14)18-13(19)10-5-8-17-12(16)11(10)15/h5,8-9H,3-4,6-7H2,1-2H3,(H2,16,17)(H,18,19). The van der Waals surface area contributed by atoms with Gasteiger partial charge in [-0.3, -0.25) is 4.79 Å². The molecule has 0 spiro atoms. The van der Waals surface area contributed by atoms with Crippen LogP contribution >= 0.6 is 0 Å². The van der Waals surface area contributed by atoms with Gasteiger partial charge in [0.1, 0.15) is 0 Å². The molecule has 1 aliphatic carbocycles. The van der Waals surface area contributed by atoms with Crippen LogP contribution in [-0.2, 0) is 0 Å². The van der Waals surface area contributed by atoms with E-state index in [4.69, 9.17) is 5.73 Å². The molecule has 5 heteroatoms. The molecule has 0 bridgehead atoms. The molecule has 104 valence electrons. The molecule has 0 saturated heterocycles. The topological polar surface area (TPSA) is 68.0 Å². The molecule has 1 amide bonds. The Kier molecular flexibility index (Phi) is 3.73. The number of halogens is 1. The predicted octanol–water partition coefficient (Wildman–Crippen LogP) is 2.50. The number of nitrogens with zero attached hydrogens (tertiary/aromatic N) is 1. The van der Waals surface area contributed by atoms with Gasteiger partial charge in [0, 0.05) is 12.2 Å². The Morgan fingerprint density at radius 2 is 2.11 bits per heavy atom. The second-order valence-electron chi connectivity index (χ2n) is 5.97. The normalized spacial score (nSPS) is 19.1. The van der Waals surface area contributed by atoms with Crippen LogP contribution in [0.1, 0.15) is 49.9 Å². The van der Waals surface area contributed by atoms with Crippen molar-refractivity contribution < 1.29 is 9.18 Å². The summed E-state index contributed by atoms with van der Waals surface area (Å²) < 4.78 is 13.7. The number of rotatable bonds is 2. The van der Waals surface area contributed by atoms with E-state index in [0.29, 0.717) is 5.41 Å². The second kappa shape index (κ2) is 5.15. The highest BCUT2D eigenvalue weighted by Gasteiger charge is 2.28. The Labute approximate surface area is 112 Å². The van der Waals surface area contributed by atoms with E-state index in [1.807, 2.05) is 0 Å². The monoisotopic (exact) mass is 265 g/mol. The van der Waals surface area contributed by atoms with Crippen molar-refractivity contribution in [3.8, 4) is 0 Å². The van der Waals surface area contributed by atoms with Crippen LogP contribution in [-0.4, -0.2) is 16.9 Å². The van der Waals surface area contributed by atoms with Crippen molar-refractivity contribution in [2.24, 2.45) is 5.41 Å². The molecule has 1 saturated carbocycles. The van der Waals surface area contributed by atoms with Crippen molar-refractivity contribution in [2.45, 2.75) is 45.6 Å². The highest BCUT2D eigenvalue weighted by Crippen LogP contribution is 2.35. The number of nitrogens with two attached hydrogens (primary N) is 1. The van der Waals surface area contributed by atoms with Crippen molar-refractivity contribution in [3.63, 3.8) is 0 Å². The number of aromatic nitrogens is 1. The minimum Gasteiger partial charge on any atom is -0.381 e. The number of amides is 1. The number of pyridine rings is 1. The quantitative estimate of drug-likeness (QED) is 0.863. The Bertz CT molecular complexity index is 478. The summed E-state index contributed by atoms with van der Waals surface area (Å²) in [4.78, 5) is 15.6. The van der Waals surface area contributed by atoms with Gasteiger partial charge in [-0.2, -0.15) is 0 Å². The molecule has 1 aromatic rings. The van der Waals surface area contributed by atoms with Gasteiger partial charge in [-0.15, -0.1) is 0 Å². The van der Waals surface area contributed by atoms with Crippen molar-refractivity contribution in [1.29, 1.82) is 0 Å². The molecule has 0 radical (unpaired) electrons. The first kappa shape index (κ1) is 13.8. The summed E-state index contributed by atoms with van der Waals surface area (Å²) >= 11 is 0. The fourth-order valence-corrected chi connectivity index (χ4v) is 2.44. The van der Waals surface area contributed by atoms with Crippen LogP contribution in [0.2, 0.25) is 0 Å². The summed E-state index contributed by atoms with van der Waals surface area (Å²) in [7, 11) is 0. The average molecular weight is 265 g/mol. The lowest BCUT2D eigenvalue weighted by molar-refractivity contribution is 0.0905. The van der Waals surface area contributed by atoms with Crippen LogP contribution in [0.5, 0.6) is 0 Å². The molecule has 3 N–H and O–H groups in total. The van der Waals surface area contributed by atoms with Crippen molar-refractivity contribution in [1.82, 2.24) is 10.3 Å². The summed E-state index contributed by atoms with van der Waals surface area (Å²) in [5, 5.41) is 2.88. The van der Waals surface area contributed by atoms with Gasteiger partial charge in [0.05, 0.1) is 5.56 Å². The molecular weight excluding hydrogens is 245 g/mol. The molecule has 1 aromatic heterocycles. The largest absolute Gasteiger partial charge is 0.381 e. The van der Waals surface area contributed by atoms with Gasteiger partial charge in [0.2, 0.25) is 0 Å². The van der Waals surface area contributed by atoms with E-state index >= 15 is 0 Å². The lowest BCUT2D eigenvalue weighted by Gasteiger charge is -2.34. The number of anilines is 1. The fourth-order valence-electron chi connectivity index (χ4n) is 2.44. The minimum atomic E-state index is -0.740. The molecule has 4 nitrogen and oxygen atoms in total. The van der Waals surface area contributed by atoms with Crippen LogP contribution < -0.4 is 11.1 Å². The van der Waals surface area contributed by atoms with Crippen molar-refractivity contribution in [3.05, 3.63) is 23.6 Å². The Balaban J connectivity index is 2.00. The van der Waals surface area contributed by atoms with Gasteiger partial charge in [0.25, 0.3) is 5.91 Å². The van der Waals surface area contributed by atoms with E-state index in [2.05, 4.69) is 24.1 Å². The SMILES string of the molecule is CC1(C)CCC(NC(=O)c2ccnc(N)c2F)CC1. The third kappa shape index (κ3) is 3.22. The van der Waals surface area contributed by atoms with Gasteiger partial charge in [0.15, 0.2) is 11.6 Å². The third-order valence-electron chi connectivity index (χ3n) is 3.84. The first-order chi connectivity index (χ1) is 8.89. The molecule has 1 heterocycles. The highest BCUT2D eigenvalue weighted by atomic mass is 19.1. The molecule has 0 atom stereocenters. The van der Waals surface area contributed by atoms with Crippen LogP contribution in [0.15, 0.2) is 12.3 Å². The Morgan fingerprint density at radius 1 is 1.47 bits per heavy atom. The van der Waals surface area contributed by atoms with E-state index in [1.165, 1.54) is 12.3 Å². The van der Waals surface area contributed by atoms with E-state index in [0.717, 1.165) is 25.7 Å². The Morgan fingerprint density at radius 3 is 2.74 bits per heavy atom. The first-order valence-corrected chi connectivity index (χ1v) is 6.60. The molecule has 19 heavy (non-hydrogen) atoms. The van der Waals surface area contributed by atoms with E-state index in [-0.39, 0.29) is 17.4 Å². The molecule has 2 rings (SSSR count). The fraction of sp³-hybridized carbons (Fsp3) is 0.571. The lowest BCUT2D eigenvalue weighted by Crippen LogP contribution is -2.39. The van der Waals surface area contributed by atoms with E-state index < -0.39 is 11.7 Å². The number of nitrogen functional groups attached to an aromatic ring is 1. The molecule has 1 aliphatic rings. The molecule has 0 aliphatic heterocycles. The second-order valence-corrected chi connectivity index (χ2v) is 5.97. The maximum absolute atomic E-state index is 13.7. The number of hydrogen-bond donors (Lipinski definition) is 2. The third-order valence-corrected chi connectivity index (χ3v) is 3.84. The average Bonchev–Trinajstić information content (AvgIpc) is 2.35. The molecule has 1 fully saturated rings. The van der Waals surface area contributed by atoms with Gasteiger partial charge in [-0.1, -0.05) is 13.8 Å². The molecule has 0 unspecified atom stereocenters. The minimum absolute atomic E-state index is 0.0302. The van der Waals surface area contributed by atoms with Gasteiger partial charge < -0.3 is 11.1 Å². The Hall–Kier alpha value is -1.65. The summed E-state index contributed by atoms with van der Waals surface area (Å²) in [5.41, 5.74) is 5.67. The van der Waals surface area contributed by atoms with Crippen LogP contribution in [0.4, 0.5) is 10.2 Å². The van der Waals surface area contributed by atoms with Crippen molar-refractivity contribution >= 4 is 11.7 Å². The van der Waals surface area contributed by atoms with Crippen LogP contribution in [0.25, 0.3) is 0 Å². The van der Waals surface area contributed by atoms with Crippen LogP contribution in [0, 0.1) is 11.2 Å². The zero-order chi connectivity index (χ0) is 14.0. The van der Waals surface area contributed by atoms with Gasteiger partial charge in [-0.25, -0.2) is 9.37 Å². The predicted molar refractivity (Wildman–Crippen MR) is 72.1 cm³/mol. The van der Waals surface area contributed by atoms with Gasteiger partial charge in [-0.05, 0) is 37.2 Å². The number of hydrogen-bond acceptors (Lipinski definition) is 3. The van der Waals surface area contributed by atoms with E-state index in [9.17, 15) is 9.18 Å². The molecule has 0 aromatic carbocycles. The van der Waals surface area contributed by atoms with Gasteiger partial charge >= 0.3 is 0 Å². The number of carbonyl (C=O) groups excluding carboxylic acids is 1. The zero-order valence-corrected chi connectivity index (χ0v) is 11.4. The summed E-state index contributed by atoms with van der Waals surface area (Å²) in [6.45, 7) is 4.46. The molecular formula is C14H20FN3O. The number of nitrogens with one attached hydrogen (secondary N) is 1. The zero-order valence-electron chi connectivity index (χ0n) is 11.4. The highest BCUT2D eigenvalue weighted by molar-refractivity contribution is 5.95. The maximum Gasteiger partial charge on any atom is 0.254 e. The maximum atomic E-state index is 13.7. The smallest absolute Gasteiger partial charge is 0.254 e. The summed E-state index contributed by atoms with van der Waals surface area (Å²) in [5.74, 6) is -1.38. The lowest BCUT2D eigenvalue weighted by atomic mass is 9.75. The van der Waals surface area contributed by atoms with E-state index in [1.54, 1.807) is 0 Å². The summed E-state index contributed by atoms with van der Waals surface area (Å²) in [6.07, 6.45) is 5.34. The van der Waals surface area contributed by atoms with Crippen molar-refractivity contribution in [2.75, 3.05) is 5.73 Å².